The van der Waals surface area contributed by atoms with Gasteiger partial charge in [-0.25, -0.2) is 9.97 Å². The highest BCUT2D eigenvalue weighted by Crippen LogP contribution is 2.59. The zero-order chi connectivity index (χ0) is 27.4. The third kappa shape index (κ3) is 6.16. The average molecular weight is 532 g/mol. The number of unbranched alkanes of at least 4 members (excludes halogenated alkanes) is 2. The number of Topliss-reactive ketones (excluding diaryl/α,β-unsaturated/α-hetero) is 1. The van der Waals surface area contributed by atoms with Crippen LogP contribution in [0, 0.1) is 11.3 Å². The topological polar surface area (TPSA) is 111 Å². The van der Waals surface area contributed by atoms with Crippen LogP contribution in [0.15, 0.2) is 36.5 Å². The maximum atomic E-state index is 13.4. The first-order chi connectivity index (χ1) is 18.9. The number of carbonyl (C=O) groups is 2. The van der Waals surface area contributed by atoms with E-state index in [0.29, 0.717) is 35.7 Å². The molecule has 1 spiro atoms. The van der Waals surface area contributed by atoms with E-state index in [-0.39, 0.29) is 29.2 Å². The highest BCUT2D eigenvalue weighted by atomic mass is 16.3. The van der Waals surface area contributed by atoms with Gasteiger partial charge in [-0.15, -0.1) is 0 Å². The van der Waals surface area contributed by atoms with Crippen molar-refractivity contribution in [1.29, 1.82) is 0 Å². The fourth-order valence-corrected chi connectivity index (χ4v) is 6.11. The molecule has 0 radical (unpaired) electrons. The number of hydrogen-bond acceptors (Lipinski definition) is 6. The normalized spacial score (nSPS) is 19.3. The fraction of sp³-hybridized carbons (Fsp3) is 0.548. The Balaban J connectivity index is 1.29. The fourth-order valence-electron chi connectivity index (χ4n) is 6.11. The van der Waals surface area contributed by atoms with Crippen LogP contribution in [0.1, 0.15) is 83.5 Å². The lowest BCUT2D eigenvalue weighted by Gasteiger charge is -2.32. The number of hydrogen-bond donors (Lipinski definition) is 3. The first-order valence-corrected chi connectivity index (χ1v) is 14.6. The van der Waals surface area contributed by atoms with Crippen LogP contribution in [0.4, 0.5) is 0 Å². The number of nitrogens with one attached hydrogen (secondary N) is 2. The number of para-hydroxylation sites is 1. The number of carbonyl (C=O) groups excluding carboxylic acids is 2. The minimum Gasteiger partial charge on any atom is -0.493 e. The summed E-state index contributed by atoms with van der Waals surface area (Å²) in [5.41, 5.74) is 2.15. The van der Waals surface area contributed by atoms with Gasteiger partial charge in [0.1, 0.15) is 11.6 Å². The van der Waals surface area contributed by atoms with Crippen LogP contribution in [-0.2, 0) is 9.59 Å². The van der Waals surface area contributed by atoms with Crippen molar-refractivity contribution in [2.75, 3.05) is 19.6 Å². The summed E-state index contributed by atoms with van der Waals surface area (Å²) in [6.07, 6.45) is 9.50. The van der Waals surface area contributed by atoms with E-state index in [1.165, 1.54) is 0 Å². The van der Waals surface area contributed by atoms with Crippen LogP contribution in [0.5, 0.6) is 5.88 Å². The Morgan fingerprint density at radius 2 is 1.97 bits per heavy atom. The first kappa shape index (κ1) is 27.3. The molecule has 8 heteroatoms. The van der Waals surface area contributed by atoms with Crippen LogP contribution in [0.3, 0.4) is 0 Å². The van der Waals surface area contributed by atoms with Crippen molar-refractivity contribution in [3.8, 4) is 17.1 Å². The molecule has 208 valence electrons. The predicted octanol–water partition coefficient (Wildman–Crippen LogP) is 5.54. The highest BCUT2D eigenvalue weighted by Gasteiger charge is 2.58. The SMILES string of the molecule is CCC(=O)CCCCC[C@H](NC(=O)[C@H]1CC12CCN(CC)CC2)c1ncc(-c2cc3ccccc3nc2O)[nH]1. The Labute approximate surface area is 230 Å². The maximum absolute atomic E-state index is 13.4. The Morgan fingerprint density at radius 3 is 2.74 bits per heavy atom. The second-order valence-electron chi connectivity index (χ2n) is 11.3. The number of aromatic amines is 1. The summed E-state index contributed by atoms with van der Waals surface area (Å²) in [4.78, 5) is 40.0. The molecule has 2 atom stereocenters. The van der Waals surface area contributed by atoms with E-state index < -0.39 is 0 Å². The van der Waals surface area contributed by atoms with Crippen molar-refractivity contribution in [2.45, 2.75) is 77.7 Å². The zero-order valence-corrected chi connectivity index (χ0v) is 23.2. The standard InChI is InChI=1S/C31H41N5O3/c1-3-22(37)11-6-5-7-13-26(35-30(39)24-19-31(24)14-16-36(4-2)17-15-31)28-32-20-27(33-28)23-18-21-10-8-9-12-25(21)34-29(23)38/h8-10,12,18,20,24,26H,3-7,11,13-17,19H2,1-2H3,(H,32,33)(H,34,38)(H,35,39)/t24-,26+/m1/s1. The molecule has 1 saturated carbocycles. The van der Waals surface area contributed by atoms with E-state index in [9.17, 15) is 14.7 Å². The second-order valence-corrected chi connectivity index (χ2v) is 11.3. The molecule has 3 N–H and O–H groups in total. The summed E-state index contributed by atoms with van der Waals surface area (Å²) < 4.78 is 0. The second kappa shape index (κ2) is 11.9. The highest BCUT2D eigenvalue weighted by molar-refractivity contribution is 5.85. The summed E-state index contributed by atoms with van der Waals surface area (Å²) in [6.45, 7) is 7.32. The Hall–Kier alpha value is -3.26. The number of aromatic hydroxyl groups is 1. The van der Waals surface area contributed by atoms with Gasteiger partial charge < -0.3 is 20.3 Å². The summed E-state index contributed by atoms with van der Waals surface area (Å²) in [7, 11) is 0. The van der Waals surface area contributed by atoms with Gasteiger partial charge in [-0.3, -0.25) is 9.59 Å². The third-order valence-electron chi connectivity index (χ3n) is 8.88. The molecule has 1 aliphatic heterocycles. The largest absolute Gasteiger partial charge is 0.493 e. The third-order valence-corrected chi connectivity index (χ3v) is 8.88. The Kier molecular flexibility index (Phi) is 8.31. The van der Waals surface area contributed by atoms with Crippen LogP contribution in [-0.4, -0.2) is 56.3 Å². The number of pyridine rings is 1. The lowest BCUT2D eigenvalue weighted by Crippen LogP contribution is -2.37. The maximum Gasteiger partial charge on any atom is 0.224 e. The van der Waals surface area contributed by atoms with Gasteiger partial charge in [0.15, 0.2) is 0 Å². The molecule has 1 aromatic carbocycles. The summed E-state index contributed by atoms with van der Waals surface area (Å²) in [5.74, 6) is 1.13. The van der Waals surface area contributed by atoms with E-state index in [0.717, 1.165) is 75.5 Å². The molecule has 3 heterocycles. The number of fused-ring (bicyclic) bond motifs is 1. The van der Waals surface area contributed by atoms with E-state index in [1.54, 1.807) is 6.20 Å². The van der Waals surface area contributed by atoms with Crippen molar-refractivity contribution in [3.63, 3.8) is 0 Å². The molecule has 1 saturated heterocycles. The summed E-state index contributed by atoms with van der Waals surface area (Å²) in [5, 5.41) is 14.9. The van der Waals surface area contributed by atoms with E-state index in [1.807, 2.05) is 37.3 Å². The summed E-state index contributed by atoms with van der Waals surface area (Å²) >= 11 is 0. The van der Waals surface area contributed by atoms with Crippen LogP contribution >= 0.6 is 0 Å². The molecule has 2 aromatic heterocycles. The van der Waals surface area contributed by atoms with Gasteiger partial charge >= 0.3 is 0 Å². The number of likely N-dealkylation sites (tertiary alicyclic amines) is 1. The molecule has 3 aromatic rings. The average Bonchev–Trinajstić information content (AvgIpc) is 3.42. The number of aromatic nitrogens is 3. The molecule has 0 unspecified atom stereocenters. The van der Waals surface area contributed by atoms with Crippen molar-refractivity contribution in [2.24, 2.45) is 11.3 Å². The van der Waals surface area contributed by atoms with Gasteiger partial charge in [-0.2, -0.15) is 0 Å². The van der Waals surface area contributed by atoms with Gasteiger partial charge in [-0.05, 0) is 69.3 Å². The van der Waals surface area contributed by atoms with Crippen LogP contribution in [0.25, 0.3) is 22.2 Å². The number of piperidine rings is 1. The van der Waals surface area contributed by atoms with Gasteiger partial charge in [0.05, 0.1) is 29.0 Å². The molecule has 5 rings (SSSR count). The Bertz CT molecular complexity index is 1310. The van der Waals surface area contributed by atoms with Gasteiger partial charge in [0, 0.05) is 24.1 Å². The molecule has 2 aliphatic rings. The number of benzene rings is 1. The zero-order valence-electron chi connectivity index (χ0n) is 23.2. The molecular formula is C31H41N5O3. The quantitative estimate of drug-likeness (QED) is 0.265. The van der Waals surface area contributed by atoms with Crippen molar-refractivity contribution >= 4 is 22.6 Å². The lowest BCUT2D eigenvalue weighted by atomic mass is 9.90. The number of rotatable bonds is 12. The number of nitrogens with zero attached hydrogens (tertiary/aromatic N) is 3. The Morgan fingerprint density at radius 1 is 1.18 bits per heavy atom. The number of H-pyrrole nitrogens is 1. The summed E-state index contributed by atoms with van der Waals surface area (Å²) in [6, 6.07) is 9.32. The number of amides is 1. The van der Waals surface area contributed by atoms with Crippen LogP contribution in [0.2, 0.25) is 0 Å². The van der Waals surface area contributed by atoms with Crippen molar-refractivity contribution in [3.05, 3.63) is 42.4 Å². The lowest BCUT2D eigenvalue weighted by molar-refractivity contribution is -0.124. The van der Waals surface area contributed by atoms with Crippen molar-refractivity contribution < 1.29 is 14.7 Å². The molecule has 0 bridgehead atoms. The molecule has 1 amide bonds. The molecule has 2 fully saturated rings. The minimum atomic E-state index is -0.253. The first-order valence-electron chi connectivity index (χ1n) is 14.6. The monoisotopic (exact) mass is 531 g/mol. The molecule has 1 aliphatic carbocycles. The number of ketones is 1. The predicted molar refractivity (Wildman–Crippen MR) is 152 cm³/mol. The van der Waals surface area contributed by atoms with Gasteiger partial charge in [0.2, 0.25) is 11.8 Å². The van der Waals surface area contributed by atoms with E-state index >= 15 is 0 Å². The van der Waals surface area contributed by atoms with E-state index in [2.05, 4.69) is 32.1 Å². The minimum absolute atomic E-state index is 0.0524. The molecule has 39 heavy (non-hydrogen) atoms. The van der Waals surface area contributed by atoms with Crippen molar-refractivity contribution in [1.82, 2.24) is 25.2 Å². The van der Waals surface area contributed by atoms with E-state index in [4.69, 9.17) is 0 Å². The van der Waals surface area contributed by atoms with Gasteiger partial charge in [0.25, 0.3) is 0 Å². The molecular weight excluding hydrogens is 490 g/mol. The van der Waals surface area contributed by atoms with Crippen LogP contribution < -0.4 is 5.32 Å². The van der Waals surface area contributed by atoms with Gasteiger partial charge in [-0.1, -0.05) is 44.9 Å². The molecule has 8 nitrogen and oxygen atoms in total. The smallest absolute Gasteiger partial charge is 0.224 e. The number of imidazole rings is 1.